The van der Waals surface area contributed by atoms with Crippen LogP contribution in [-0.2, 0) is 19.5 Å². The van der Waals surface area contributed by atoms with Gasteiger partial charge >= 0.3 is 0 Å². The zero-order valence-electron chi connectivity index (χ0n) is 14.2. The minimum Gasteiger partial charge on any atom is -0.380 e. The van der Waals surface area contributed by atoms with Crippen LogP contribution in [0.1, 0.15) is 27.2 Å². The maximum Gasteiger partial charge on any atom is 0.211 e. The van der Waals surface area contributed by atoms with Crippen molar-refractivity contribution >= 4 is 10.0 Å². The standard InChI is InChI=1S/C15H30N2O4S/c1-12-13(15(2,3)14(12)20-4)16-22(18,19)11-5-6-17-7-9-21-10-8-17/h12-14,16H,5-11H2,1-4H3/t12-,13-,14+/m0/s1. The Hall–Kier alpha value is -0.210. The largest absolute Gasteiger partial charge is 0.380 e. The fraction of sp³-hybridized carbons (Fsp3) is 1.00. The number of hydrogen-bond acceptors (Lipinski definition) is 5. The number of ether oxygens (including phenoxy) is 2. The average Bonchev–Trinajstić information content (AvgIpc) is 2.46. The number of sulfonamides is 1. The van der Waals surface area contributed by atoms with E-state index in [0.29, 0.717) is 6.42 Å². The molecule has 0 aromatic rings. The van der Waals surface area contributed by atoms with Gasteiger partial charge in [0.05, 0.1) is 25.1 Å². The zero-order valence-corrected chi connectivity index (χ0v) is 15.0. The summed E-state index contributed by atoms with van der Waals surface area (Å²) in [4.78, 5) is 2.26. The molecule has 1 N–H and O–H groups in total. The van der Waals surface area contributed by atoms with Gasteiger partial charge < -0.3 is 9.47 Å². The minimum atomic E-state index is -3.24. The molecular weight excluding hydrogens is 304 g/mol. The third-order valence-electron chi connectivity index (χ3n) is 5.09. The van der Waals surface area contributed by atoms with E-state index in [9.17, 15) is 8.42 Å². The third-order valence-corrected chi connectivity index (χ3v) is 6.53. The number of hydrogen-bond donors (Lipinski definition) is 1. The van der Waals surface area contributed by atoms with E-state index in [-0.39, 0.29) is 29.2 Å². The second kappa shape index (κ2) is 7.13. The Morgan fingerprint density at radius 2 is 1.95 bits per heavy atom. The van der Waals surface area contributed by atoms with Crippen LogP contribution in [0, 0.1) is 11.3 Å². The second-order valence-electron chi connectivity index (χ2n) is 7.06. The zero-order chi connectivity index (χ0) is 16.4. The fourth-order valence-electron chi connectivity index (χ4n) is 3.92. The number of nitrogens with one attached hydrogen (secondary N) is 1. The molecule has 1 heterocycles. The highest BCUT2D eigenvalue weighted by molar-refractivity contribution is 7.89. The van der Waals surface area contributed by atoms with Crippen LogP contribution in [0.15, 0.2) is 0 Å². The van der Waals surface area contributed by atoms with E-state index in [1.54, 1.807) is 7.11 Å². The normalized spacial score (nSPS) is 32.6. The molecule has 130 valence electrons. The van der Waals surface area contributed by atoms with Crippen LogP contribution in [0.25, 0.3) is 0 Å². The summed E-state index contributed by atoms with van der Waals surface area (Å²) >= 11 is 0. The van der Waals surface area contributed by atoms with E-state index in [1.807, 2.05) is 6.92 Å². The van der Waals surface area contributed by atoms with E-state index in [2.05, 4.69) is 23.5 Å². The molecule has 0 amide bonds. The van der Waals surface area contributed by atoms with Crippen molar-refractivity contribution in [1.29, 1.82) is 0 Å². The lowest BCUT2D eigenvalue weighted by molar-refractivity contribution is -0.138. The number of nitrogens with zero attached hydrogens (tertiary/aromatic N) is 1. The summed E-state index contributed by atoms with van der Waals surface area (Å²) in [6.45, 7) is 10.3. The molecule has 2 aliphatic rings. The number of rotatable bonds is 7. The smallest absolute Gasteiger partial charge is 0.211 e. The van der Waals surface area contributed by atoms with Gasteiger partial charge in [-0.2, -0.15) is 0 Å². The maximum absolute atomic E-state index is 12.3. The Bertz CT molecular complexity index is 460. The predicted octanol–water partition coefficient (Wildman–Crippen LogP) is 0.688. The van der Waals surface area contributed by atoms with Gasteiger partial charge in [-0.25, -0.2) is 13.1 Å². The summed E-state index contributed by atoms with van der Waals surface area (Å²) in [7, 11) is -1.55. The maximum atomic E-state index is 12.3. The molecule has 2 fully saturated rings. The molecule has 0 unspecified atom stereocenters. The first-order valence-corrected chi connectivity index (χ1v) is 9.76. The van der Waals surface area contributed by atoms with Crippen molar-refractivity contribution in [2.75, 3.05) is 45.7 Å². The van der Waals surface area contributed by atoms with Crippen LogP contribution in [-0.4, -0.2) is 71.2 Å². The van der Waals surface area contributed by atoms with Crippen molar-refractivity contribution < 1.29 is 17.9 Å². The Morgan fingerprint density at radius 1 is 1.32 bits per heavy atom. The lowest BCUT2D eigenvalue weighted by atomic mass is 9.58. The second-order valence-corrected chi connectivity index (χ2v) is 8.93. The van der Waals surface area contributed by atoms with Crippen molar-refractivity contribution in [2.24, 2.45) is 11.3 Å². The van der Waals surface area contributed by atoms with Crippen LogP contribution in [0.3, 0.4) is 0 Å². The molecule has 2 rings (SSSR count). The van der Waals surface area contributed by atoms with Crippen molar-refractivity contribution in [1.82, 2.24) is 9.62 Å². The fourth-order valence-corrected chi connectivity index (χ4v) is 5.45. The van der Waals surface area contributed by atoms with E-state index in [0.717, 1.165) is 32.8 Å². The Labute approximate surface area is 134 Å². The predicted molar refractivity (Wildman–Crippen MR) is 86.3 cm³/mol. The van der Waals surface area contributed by atoms with Gasteiger partial charge in [-0.05, 0) is 18.9 Å². The molecule has 7 heteroatoms. The lowest BCUT2D eigenvalue weighted by Gasteiger charge is -2.56. The van der Waals surface area contributed by atoms with E-state index in [4.69, 9.17) is 9.47 Å². The molecule has 0 radical (unpaired) electrons. The summed E-state index contributed by atoms with van der Waals surface area (Å²) in [5, 5.41) is 0. The van der Waals surface area contributed by atoms with Gasteiger partial charge in [0.15, 0.2) is 0 Å². The van der Waals surface area contributed by atoms with Gasteiger partial charge in [0.1, 0.15) is 0 Å². The van der Waals surface area contributed by atoms with Gasteiger partial charge in [0.2, 0.25) is 10.0 Å². The molecule has 1 aliphatic heterocycles. The summed E-state index contributed by atoms with van der Waals surface area (Å²) in [5.74, 6) is 0.385. The average molecular weight is 334 g/mol. The van der Waals surface area contributed by atoms with E-state index >= 15 is 0 Å². The summed E-state index contributed by atoms with van der Waals surface area (Å²) in [5.41, 5.74) is -0.161. The molecule has 3 atom stereocenters. The molecule has 22 heavy (non-hydrogen) atoms. The first kappa shape index (κ1) is 18.1. The Balaban J connectivity index is 1.79. The van der Waals surface area contributed by atoms with Gasteiger partial charge in [0.25, 0.3) is 0 Å². The minimum absolute atomic E-state index is 0.0502. The molecule has 0 aromatic carbocycles. The third kappa shape index (κ3) is 4.00. The highest BCUT2D eigenvalue weighted by atomic mass is 32.2. The molecule has 0 aromatic heterocycles. The van der Waals surface area contributed by atoms with Crippen LogP contribution in [0.2, 0.25) is 0 Å². The quantitative estimate of drug-likeness (QED) is 0.742. The molecule has 1 saturated carbocycles. The van der Waals surface area contributed by atoms with Gasteiger partial charge in [-0.3, -0.25) is 4.90 Å². The van der Waals surface area contributed by atoms with Crippen LogP contribution in [0.5, 0.6) is 0 Å². The van der Waals surface area contributed by atoms with Crippen LogP contribution in [0.4, 0.5) is 0 Å². The Morgan fingerprint density at radius 3 is 2.50 bits per heavy atom. The molecule has 0 spiro atoms. The Kier molecular flexibility index (Phi) is 5.88. The number of methoxy groups -OCH3 is 1. The molecule has 0 bridgehead atoms. The molecular formula is C15H30N2O4S. The lowest BCUT2D eigenvalue weighted by Crippen LogP contribution is -2.68. The highest BCUT2D eigenvalue weighted by Crippen LogP contribution is 2.47. The van der Waals surface area contributed by atoms with Crippen molar-refractivity contribution in [2.45, 2.75) is 39.3 Å². The van der Waals surface area contributed by atoms with Crippen LogP contribution < -0.4 is 4.72 Å². The summed E-state index contributed by atoms with van der Waals surface area (Å²) < 4.78 is 38.3. The molecule has 6 nitrogen and oxygen atoms in total. The van der Waals surface area contributed by atoms with Crippen molar-refractivity contribution in [3.63, 3.8) is 0 Å². The molecule has 1 saturated heterocycles. The topological polar surface area (TPSA) is 67.9 Å². The number of morpholine rings is 1. The van der Waals surface area contributed by atoms with Crippen LogP contribution >= 0.6 is 0 Å². The first-order valence-electron chi connectivity index (χ1n) is 8.11. The highest BCUT2D eigenvalue weighted by Gasteiger charge is 2.55. The van der Waals surface area contributed by atoms with Crippen molar-refractivity contribution in [3.05, 3.63) is 0 Å². The van der Waals surface area contributed by atoms with Crippen molar-refractivity contribution in [3.8, 4) is 0 Å². The summed E-state index contributed by atoms with van der Waals surface area (Å²) in [6.07, 6.45) is 0.762. The SMILES string of the molecule is CO[C@@H]1[C@@H](C)[C@H](NS(=O)(=O)CCCN2CCOCC2)C1(C)C. The van der Waals surface area contributed by atoms with E-state index in [1.165, 1.54) is 0 Å². The molecule has 1 aliphatic carbocycles. The van der Waals surface area contributed by atoms with Gasteiger partial charge in [-0.15, -0.1) is 0 Å². The first-order chi connectivity index (χ1) is 10.3. The summed E-state index contributed by atoms with van der Waals surface area (Å²) in [6, 6.07) is -0.0502. The van der Waals surface area contributed by atoms with Gasteiger partial charge in [0, 0.05) is 31.7 Å². The van der Waals surface area contributed by atoms with Gasteiger partial charge in [-0.1, -0.05) is 20.8 Å². The monoisotopic (exact) mass is 334 g/mol. The van der Waals surface area contributed by atoms with E-state index < -0.39 is 10.0 Å².